The van der Waals surface area contributed by atoms with Gasteiger partial charge in [0.1, 0.15) is 5.82 Å². The molecule has 0 spiro atoms. The van der Waals surface area contributed by atoms with Crippen LogP contribution in [0.15, 0.2) is 78.9 Å². The molecule has 0 saturated heterocycles. The molecule has 0 unspecified atom stereocenters. The highest BCUT2D eigenvalue weighted by Crippen LogP contribution is 2.28. The molecule has 0 aliphatic heterocycles. The minimum atomic E-state index is 0.597. The van der Waals surface area contributed by atoms with Gasteiger partial charge in [0.2, 0.25) is 0 Å². The predicted molar refractivity (Wildman–Crippen MR) is 103 cm³/mol. The van der Waals surface area contributed by atoms with E-state index in [1.165, 1.54) is 0 Å². The summed E-state index contributed by atoms with van der Waals surface area (Å²) < 4.78 is 1.98. The van der Waals surface area contributed by atoms with Crippen LogP contribution in [0.2, 0.25) is 0 Å². The maximum absolute atomic E-state index is 7.25. The van der Waals surface area contributed by atoms with Crippen molar-refractivity contribution in [2.24, 2.45) is 0 Å². The van der Waals surface area contributed by atoms with Gasteiger partial charge in [-0.1, -0.05) is 60.7 Å². The lowest BCUT2D eigenvalue weighted by molar-refractivity contribution is 0.972. The molecule has 0 N–H and O–H groups in total. The van der Waals surface area contributed by atoms with Gasteiger partial charge in [-0.05, 0) is 36.2 Å². The van der Waals surface area contributed by atoms with E-state index in [2.05, 4.69) is 39.3 Å². The Bertz CT molecular complexity index is 1100. The average Bonchev–Trinajstić information content (AvgIpc) is 3.10. The van der Waals surface area contributed by atoms with E-state index in [1.807, 2.05) is 60.0 Å². The Labute approximate surface area is 152 Å². The molecule has 4 nitrogen and oxygen atoms in total. The first-order valence-electron chi connectivity index (χ1n) is 8.32. The molecule has 26 heavy (non-hydrogen) atoms. The lowest BCUT2D eigenvalue weighted by atomic mass is 10.0. The smallest absolute Gasteiger partial charge is 0.189 e. The lowest BCUT2D eigenvalue weighted by Crippen LogP contribution is -1.99. The third kappa shape index (κ3) is 2.87. The minimum absolute atomic E-state index is 0.597. The Morgan fingerprint density at radius 3 is 2.31 bits per heavy atom. The van der Waals surface area contributed by atoms with Gasteiger partial charge in [-0.3, -0.25) is 4.57 Å². The topological polar surface area (TPSA) is 35.1 Å². The fourth-order valence-corrected chi connectivity index (χ4v) is 3.03. The predicted octanol–water partition coefficient (Wildman–Crippen LogP) is 5.46. The molecule has 0 radical (unpaired) electrons. The zero-order valence-corrected chi connectivity index (χ0v) is 14.3. The lowest BCUT2D eigenvalue weighted by Gasteiger charge is -2.10. The van der Waals surface area contributed by atoms with Crippen molar-refractivity contribution >= 4 is 5.69 Å². The summed E-state index contributed by atoms with van der Waals surface area (Å²) in [6.07, 6.45) is 0. The number of benzene rings is 3. The van der Waals surface area contributed by atoms with Crippen LogP contribution in [0, 0.1) is 13.5 Å². The van der Waals surface area contributed by atoms with Crippen LogP contribution in [-0.2, 0) is 0 Å². The Morgan fingerprint density at radius 1 is 0.769 bits per heavy atom. The zero-order valence-electron chi connectivity index (χ0n) is 14.3. The van der Waals surface area contributed by atoms with Crippen molar-refractivity contribution < 1.29 is 0 Å². The standard InChI is InChI=1S/C22H16N4/c1-16-24-25-22(26(16)21-13-7-12-20(15-21)23-2)19-11-6-10-18(14-19)17-8-4-3-5-9-17/h3-15H,1H3. The van der Waals surface area contributed by atoms with Gasteiger partial charge >= 0.3 is 0 Å². The van der Waals surface area contributed by atoms with Gasteiger partial charge in [0.15, 0.2) is 11.5 Å². The average molecular weight is 336 g/mol. The van der Waals surface area contributed by atoms with Crippen LogP contribution in [0.25, 0.3) is 33.0 Å². The molecule has 0 aliphatic carbocycles. The molecule has 4 heteroatoms. The van der Waals surface area contributed by atoms with E-state index in [4.69, 9.17) is 6.57 Å². The van der Waals surface area contributed by atoms with Crippen molar-refractivity contribution in [3.63, 3.8) is 0 Å². The third-order valence-electron chi connectivity index (χ3n) is 4.27. The molecule has 1 heterocycles. The van der Waals surface area contributed by atoms with Crippen LogP contribution < -0.4 is 0 Å². The molecule has 4 aromatic rings. The second-order valence-corrected chi connectivity index (χ2v) is 5.98. The highest BCUT2D eigenvalue weighted by Gasteiger charge is 2.14. The van der Waals surface area contributed by atoms with E-state index in [1.54, 1.807) is 6.07 Å². The third-order valence-corrected chi connectivity index (χ3v) is 4.27. The molecule has 4 rings (SSSR count). The molecule has 0 aliphatic rings. The van der Waals surface area contributed by atoms with Crippen LogP contribution in [0.3, 0.4) is 0 Å². The van der Waals surface area contributed by atoms with Crippen molar-refractivity contribution in [2.75, 3.05) is 0 Å². The molecule has 0 fully saturated rings. The van der Waals surface area contributed by atoms with Gasteiger partial charge in [0.25, 0.3) is 0 Å². The van der Waals surface area contributed by atoms with Crippen molar-refractivity contribution in [1.29, 1.82) is 0 Å². The van der Waals surface area contributed by atoms with E-state index < -0.39 is 0 Å². The van der Waals surface area contributed by atoms with Gasteiger partial charge in [0, 0.05) is 11.3 Å². The number of aryl methyl sites for hydroxylation is 1. The van der Waals surface area contributed by atoms with Crippen LogP contribution in [0.5, 0.6) is 0 Å². The van der Waals surface area contributed by atoms with Gasteiger partial charge < -0.3 is 0 Å². The van der Waals surface area contributed by atoms with Crippen LogP contribution in [-0.4, -0.2) is 14.8 Å². The Kier molecular flexibility index (Phi) is 4.04. The summed E-state index contributed by atoms with van der Waals surface area (Å²) >= 11 is 0. The number of hydrogen-bond acceptors (Lipinski definition) is 2. The number of nitrogens with zero attached hydrogens (tertiary/aromatic N) is 4. The monoisotopic (exact) mass is 336 g/mol. The van der Waals surface area contributed by atoms with Gasteiger partial charge in [0.05, 0.1) is 6.57 Å². The van der Waals surface area contributed by atoms with E-state index in [0.29, 0.717) is 5.69 Å². The number of rotatable bonds is 3. The quantitative estimate of drug-likeness (QED) is 0.466. The summed E-state index contributed by atoms with van der Waals surface area (Å²) in [6.45, 7) is 9.16. The van der Waals surface area contributed by atoms with Gasteiger partial charge in [-0.25, -0.2) is 4.85 Å². The highest BCUT2D eigenvalue weighted by molar-refractivity contribution is 5.71. The fourth-order valence-electron chi connectivity index (χ4n) is 3.03. The summed E-state index contributed by atoms with van der Waals surface area (Å²) in [4.78, 5) is 3.52. The zero-order chi connectivity index (χ0) is 17.9. The van der Waals surface area contributed by atoms with Crippen LogP contribution in [0.1, 0.15) is 5.82 Å². The SMILES string of the molecule is [C-]#[N+]c1cccc(-n2c(C)nnc2-c2cccc(-c3ccccc3)c2)c1. The maximum atomic E-state index is 7.25. The van der Waals surface area contributed by atoms with E-state index in [0.717, 1.165) is 34.0 Å². The normalized spacial score (nSPS) is 10.5. The fraction of sp³-hybridized carbons (Fsp3) is 0.0455. The number of aromatic nitrogens is 3. The van der Waals surface area contributed by atoms with Gasteiger partial charge in [-0.2, -0.15) is 0 Å². The summed E-state index contributed by atoms with van der Waals surface area (Å²) in [7, 11) is 0. The number of hydrogen-bond donors (Lipinski definition) is 0. The first-order valence-corrected chi connectivity index (χ1v) is 8.32. The molecule has 0 saturated carbocycles. The first kappa shape index (κ1) is 15.8. The molecule has 0 atom stereocenters. The molecule has 3 aromatic carbocycles. The molecular formula is C22H16N4. The Morgan fingerprint density at radius 2 is 1.50 bits per heavy atom. The largest absolute Gasteiger partial charge is 0.281 e. The van der Waals surface area contributed by atoms with E-state index >= 15 is 0 Å². The Balaban J connectivity index is 1.84. The van der Waals surface area contributed by atoms with Crippen LogP contribution in [0.4, 0.5) is 5.69 Å². The van der Waals surface area contributed by atoms with Crippen molar-refractivity contribution in [1.82, 2.24) is 14.8 Å². The minimum Gasteiger partial charge on any atom is -0.281 e. The molecule has 1 aromatic heterocycles. The summed E-state index contributed by atoms with van der Waals surface area (Å²) in [5.41, 5.74) is 4.76. The second kappa shape index (κ2) is 6.66. The van der Waals surface area contributed by atoms with E-state index in [9.17, 15) is 0 Å². The van der Waals surface area contributed by atoms with E-state index in [-0.39, 0.29) is 0 Å². The highest BCUT2D eigenvalue weighted by atomic mass is 15.3. The first-order chi connectivity index (χ1) is 12.8. The summed E-state index contributed by atoms with van der Waals surface area (Å²) in [5.74, 6) is 1.55. The molecule has 0 bridgehead atoms. The van der Waals surface area contributed by atoms with Crippen LogP contribution >= 0.6 is 0 Å². The molecular weight excluding hydrogens is 320 g/mol. The van der Waals surface area contributed by atoms with Gasteiger partial charge in [-0.15, -0.1) is 10.2 Å². The maximum Gasteiger partial charge on any atom is 0.189 e. The molecule has 124 valence electrons. The van der Waals surface area contributed by atoms with Crippen molar-refractivity contribution in [2.45, 2.75) is 6.92 Å². The summed E-state index contributed by atoms with van der Waals surface area (Å²) in [6, 6.07) is 26.0. The van der Waals surface area contributed by atoms with Crippen molar-refractivity contribution in [3.8, 4) is 28.2 Å². The molecule has 0 amide bonds. The van der Waals surface area contributed by atoms with Crippen molar-refractivity contribution in [3.05, 3.63) is 96.1 Å². The Hall–Kier alpha value is -3.71. The summed E-state index contributed by atoms with van der Waals surface area (Å²) in [5, 5.41) is 8.65. The second-order valence-electron chi connectivity index (χ2n) is 5.98.